The van der Waals surface area contributed by atoms with E-state index in [4.69, 9.17) is 21.1 Å². The summed E-state index contributed by atoms with van der Waals surface area (Å²) >= 11 is 6.35. The Hall–Kier alpha value is -1.26. The Labute approximate surface area is 130 Å². The summed E-state index contributed by atoms with van der Waals surface area (Å²) in [5.74, 6) is 0. The number of alkyl carbamates (subject to hydrolysis) is 1. The van der Waals surface area contributed by atoms with Gasteiger partial charge in [0, 0.05) is 6.04 Å². The highest BCUT2D eigenvalue weighted by atomic mass is 35.5. The molecule has 116 valence electrons. The van der Waals surface area contributed by atoms with Gasteiger partial charge in [-0.05, 0) is 31.7 Å². The normalized spacial score (nSPS) is 25.3. The molecule has 21 heavy (non-hydrogen) atoms. The Morgan fingerprint density at radius 1 is 1.33 bits per heavy atom. The van der Waals surface area contributed by atoms with Crippen molar-refractivity contribution in [3.63, 3.8) is 0 Å². The standard InChI is InChI=1S/C16H22ClNO3/c1-2-20-16(19)18-15-9-8-13(10-14(15)17)21-11-12-6-4-3-5-7-12/h3-7,13-15H,2,8-11H2,1H3,(H,18,19)/t13?,14-,15-/m1/s1. The fourth-order valence-electron chi connectivity index (χ4n) is 2.51. The van der Waals surface area contributed by atoms with Crippen molar-refractivity contribution >= 4 is 17.7 Å². The molecule has 0 radical (unpaired) electrons. The molecule has 1 saturated carbocycles. The second-order valence-corrected chi connectivity index (χ2v) is 5.78. The molecule has 3 atom stereocenters. The van der Waals surface area contributed by atoms with Crippen LogP contribution in [0.1, 0.15) is 31.7 Å². The number of hydrogen-bond acceptors (Lipinski definition) is 3. The summed E-state index contributed by atoms with van der Waals surface area (Å²) in [4.78, 5) is 11.4. The van der Waals surface area contributed by atoms with Crippen LogP contribution in [0.25, 0.3) is 0 Å². The van der Waals surface area contributed by atoms with Gasteiger partial charge in [-0.25, -0.2) is 4.79 Å². The summed E-state index contributed by atoms with van der Waals surface area (Å²) in [5.41, 5.74) is 1.16. The van der Waals surface area contributed by atoms with E-state index in [1.807, 2.05) is 30.3 Å². The molecule has 1 aliphatic carbocycles. The van der Waals surface area contributed by atoms with E-state index in [9.17, 15) is 4.79 Å². The van der Waals surface area contributed by atoms with Crippen molar-refractivity contribution in [2.24, 2.45) is 0 Å². The van der Waals surface area contributed by atoms with Crippen molar-refractivity contribution in [3.8, 4) is 0 Å². The van der Waals surface area contributed by atoms with E-state index in [2.05, 4.69) is 5.32 Å². The van der Waals surface area contributed by atoms with Gasteiger partial charge >= 0.3 is 6.09 Å². The molecule has 0 spiro atoms. The SMILES string of the molecule is CCOC(=O)N[C@@H]1CCC(OCc2ccccc2)C[C@H]1Cl. The van der Waals surface area contributed by atoms with Gasteiger partial charge in [-0.1, -0.05) is 30.3 Å². The van der Waals surface area contributed by atoms with Gasteiger partial charge in [-0.3, -0.25) is 0 Å². The van der Waals surface area contributed by atoms with Crippen molar-refractivity contribution in [1.29, 1.82) is 0 Å². The lowest BCUT2D eigenvalue weighted by Gasteiger charge is -2.32. The maximum atomic E-state index is 11.4. The van der Waals surface area contributed by atoms with Crippen LogP contribution < -0.4 is 5.32 Å². The molecule has 4 nitrogen and oxygen atoms in total. The molecule has 0 bridgehead atoms. The minimum absolute atomic E-state index is 0.0395. The van der Waals surface area contributed by atoms with Crippen LogP contribution in [0.4, 0.5) is 4.79 Å². The Balaban J connectivity index is 1.74. The summed E-state index contributed by atoms with van der Waals surface area (Å²) in [7, 11) is 0. The van der Waals surface area contributed by atoms with Crippen LogP contribution in [0.2, 0.25) is 0 Å². The van der Waals surface area contributed by atoms with Gasteiger partial charge in [0.2, 0.25) is 0 Å². The average Bonchev–Trinajstić information content (AvgIpc) is 2.49. The predicted octanol–water partition coefficient (Wildman–Crippen LogP) is 3.48. The molecule has 5 heteroatoms. The Morgan fingerprint density at radius 3 is 2.76 bits per heavy atom. The predicted molar refractivity (Wildman–Crippen MR) is 82.5 cm³/mol. The highest BCUT2D eigenvalue weighted by Crippen LogP contribution is 2.26. The van der Waals surface area contributed by atoms with E-state index in [1.165, 1.54) is 0 Å². The fraction of sp³-hybridized carbons (Fsp3) is 0.562. The molecule has 1 unspecified atom stereocenters. The summed E-state index contributed by atoms with van der Waals surface area (Å²) < 4.78 is 10.8. The maximum Gasteiger partial charge on any atom is 0.407 e. The lowest BCUT2D eigenvalue weighted by atomic mass is 9.92. The topological polar surface area (TPSA) is 47.6 Å². The second-order valence-electron chi connectivity index (χ2n) is 5.22. The Morgan fingerprint density at radius 2 is 2.10 bits per heavy atom. The molecule has 1 amide bonds. The van der Waals surface area contributed by atoms with Gasteiger partial charge in [-0.15, -0.1) is 11.6 Å². The summed E-state index contributed by atoms with van der Waals surface area (Å²) in [6, 6.07) is 10.1. The van der Waals surface area contributed by atoms with Crippen LogP contribution in [0.5, 0.6) is 0 Å². The highest BCUT2D eigenvalue weighted by Gasteiger charge is 2.31. The molecular formula is C16H22ClNO3. The van der Waals surface area contributed by atoms with Gasteiger partial charge in [0.25, 0.3) is 0 Å². The quantitative estimate of drug-likeness (QED) is 0.847. The third-order valence-corrected chi connectivity index (χ3v) is 4.11. The van der Waals surface area contributed by atoms with Gasteiger partial charge in [0.05, 0.1) is 24.7 Å². The molecule has 1 N–H and O–H groups in total. The summed E-state index contributed by atoms with van der Waals surface area (Å²) in [5, 5.41) is 2.69. The number of benzene rings is 1. The van der Waals surface area contributed by atoms with Gasteiger partial charge in [0.1, 0.15) is 0 Å². The summed E-state index contributed by atoms with van der Waals surface area (Å²) in [6.07, 6.45) is 2.20. The van der Waals surface area contributed by atoms with Crippen LogP contribution in [-0.4, -0.2) is 30.2 Å². The molecule has 0 aliphatic heterocycles. The molecule has 0 aromatic heterocycles. The van der Waals surface area contributed by atoms with E-state index in [-0.39, 0.29) is 17.5 Å². The lowest BCUT2D eigenvalue weighted by molar-refractivity contribution is 0.0124. The zero-order valence-electron chi connectivity index (χ0n) is 12.3. The zero-order valence-corrected chi connectivity index (χ0v) is 13.0. The minimum atomic E-state index is -0.392. The second kappa shape index (κ2) is 8.25. The number of ether oxygens (including phenoxy) is 2. The van der Waals surface area contributed by atoms with Crippen LogP contribution in [0.3, 0.4) is 0 Å². The lowest BCUT2D eigenvalue weighted by Crippen LogP contribution is -2.46. The summed E-state index contributed by atoms with van der Waals surface area (Å²) in [6.45, 7) is 2.76. The number of rotatable bonds is 5. The van der Waals surface area contributed by atoms with E-state index in [0.717, 1.165) is 24.8 Å². The molecule has 1 fully saturated rings. The molecule has 1 aliphatic rings. The van der Waals surface area contributed by atoms with Gasteiger partial charge in [0.15, 0.2) is 0 Å². The van der Waals surface area contributed by atoms with E-state index in [1.54, 1.807) is 6.92 Å². The molecule has 0 heterocycles. The number of amides is 1. The first kappa shape index (κ1) is 16.1. The molecular weight excluding hydrogens is 290 g/mol. The number of alkyl halides is 1. The molecule has 0 saturated heterocycles. The average molecular weight is 312 g/mol. The van der Waals surface area contributed by atoms with E-state index >= 15 is 0 Å². The zero-order chi connectivity index (χ0) is 15.1. The van der Waals surface area contributed by atoms with Crippen molar-refractivity contribution in [2.45, 2.75) is 50.3 Å². The molecule has 1 aromatic rings. The third-order valence-electron chi connectivity index (χ3n) is 3.63. The third kappa shape index (κ3) is 5.21. The van der Waals surface area contributed by atoms with Crippen molar-refractivity contribution in [2.75, 3.05) is 6.61 Å². The number of halogens is 1. The number of carbonyl (C=O) groups is 1. The first-order valence-electron chi connectivity index (χ1n) is 7.42. The van der Waals surface area contributed by atoms with Crippen molar-refractivity contribution in [3.05, 3.63) is 35.9 Å². The van der Waals surface area contributed by atoms with Gasteiger partial charge < -0.3 is 14.8 Å². The Bertz CT molecular complexity index is 440. The van der Waals surface area contributed by atoms with Gasteiger partial charge in [-0.2, -0.15) is 0 Å². The van der Waals surface area contributed by atoms with Crippen LogP contribution >= 0.6 is 11.6 Å². The molecule has 1 aromatic carbocycles. The van der Waals surface area contributed by atoms with Crippen LogP contribution in [0, 0.1) is 0 Å². The fourth-order valence-corrected chi connectivity index (χ4v) is 2.89. The minimum Gasteiger partial charge on any atom is -0.450 e. The van der Waals surface area contributed by atoms with E-state index in [0.29, 0.717) is 13.2 Å². The monoisotopic (exact) mass is 311 g/mol. The largest absolute Gasteiger partial charge is 0.450 e. The molecule has 2 rings (SSSR count). The number of hydrogen-bond donors (Lipinski definition) is 1. The first-order chi connectivity index (χ1) is 10.2. The Kier molecular flexibility index (Phi) is 6.33. The number of carbonyl (C=O) groups excluding carboxylic acids is 1. The maximum absolute atomic E-state index is 11.4. The number of nitrogens with one attached hydrogen (secondary N) is 1. The highest BCUT2D eigenvalue weighted by molar-refractivity contribution is 6.21. The first-order valence-corrected chi connectivity index (χ1v) is 7.85. The van der Waals surface area contributed by atoms with E-state index < -0.39 is 6.09 Å². The van der Waals surface area contributed by atoms with Crippen molar-refractivity contribution in [1.82, 2.24) is 5.32 Å². The smallest absolute Gasteiger partial charge is 0.407 e. The van der Waals surface area contributed by atoms with Crippen LogP contribution in [0.15, 0.2) is 30.3 Å². The van der Waals surface area contributed by atoms with Crippen LogP contribution in [-0.2, 0) is 16.1 Å². The van der Waals surface area contributed by atoms with Crippen molar-refractivity contribution < 1.29 is 14.3 Å².